The number of aliphatic hydroxyl groups is 1. The predicted molar refractivity (Wildman–Crippen MR) is 113 cm³/mol. The third-order valence-corrected chi connectivity index (χ3v) is 4.31. The Bertz CT molecular complexity index is 1150. The van der Waals surface area contributed by atoms with E-state index in [0.717, 1.165) is 5.39 Å². The van der Waals surface area contributed by atoms with Crippen LogP contribution < -0.4 is 20.9 Å². The summed E-state index contributed by atoms with van der Waals surface area (Å²) in [5.74, 6) is -0.522. The van der Waals surface area contributed by atoms with Gasteiger partial charge in [0.1, 0.15) is 11.4 Å². The number of aliphatic hydroxyl groups excluding tert-OH is 1. The van der Waals surface area contributed by atoms with Crippen LogP contribution in [0.5, 0.6) is 5.75 Å². The third-order valence-electron chi connectivity index (χ3n) is 4.31. The first-order chi connectivity index (χ1) is 14.5. The molecule has 3 rings (SSSR count). The summed E-state index contributed by atoms with van der Waals surface area (Å²) < 4.78 is 5.16. The van der Waals surface area contributed by atoms with Crippen molar-refractivity contribution in [2.75, 3.05) is 20.3 Å². The van der Waals surface area contributed by atoms with Gasteiger partial charge >= 0.3 is 0 Å². The highest BCUT2D eigenvalue weighted by molar-refractivity contribution is 6.05. The van der Waals surface area contributed by atoms with E-state index in [1.54, 1.807) is 54.6 Å². The molecular weight excluding hydrogens is 386 g/mol. The van der Waals surface area contributed by atoms with Crippen molar-refractivity contribution >= 4 is 28.8 Å². The van der Waals surface area contributed by atoms with Crippen LogP contribution in [0, 0.1) is 0 Å². The highest BCUT2D eigenvalue weighted by atomic mass is 16.5. The van der Waals surface area contributed by atoms with Gasteiger partial charge in [0, 0.05) is 23.7 Å². The maximum atomic E-state index is 12.5. The number of carbonyl (C=O) groups excluding carboxylic acids is 2. The zero-order valence-corrected chi connectivity index (χ0v) is 16.3. The molecule has 0 aliphatic rings. The molecule has 0 aliphatic heterocycles. The molecule has 0 fully saturated rings. The summed E-state index contributed by atoms with van der Waals surface area (Å²) in [4.78, 5) is 40.3. The van der Waals surface area contributed by atoms with E-state index >= 15 is 0 Å². The lowest BCUT2D eigenvalue weighted by Crippen LogP contribution is -2.36. The highest BCUT2D eigenvalue weighted by Gasteiger charge is 2.15. The first-order valence-corrected chi connectivity index (χ1v) is 9.20. The minimum Gasteiger partial charge on any atom is -0.497 e. The molecule has 154 valence electrons. The van der Waals surface area contributed by atoms with Crippen molar-refractivity contribution in [1.29, 1.82) is 0 Å². The van der Waals surface area contributed by atoms with Crippen LogP contribution in [0.25, 0.3) is 17.0 Å². The number of rotatable bonds is 7. The number of ether oxygens (including phenoxy) is 1. The molecule has 0 spiro atoms. The molecule has 3 aromatic rings. The molecule has 0 saturated heterocycles. The fraction of sp³-hybridized carbons (Fsp3) is 0.136. The van der Waals surface area contributed by atoms with Crippen LogP contribution in [0.1, 0.15) is 15.9 Å². The summed E-state index contributed by atoms with van der Waals surface area (Å²) in [6.45, 7) is -0.255. The predicted octanol–water partition coefficient (Wildman–Crippen LogP) is 1.42. The summed E-state index contributed by atoms with van der Waals surface area (Å²) in [5, 5.41) is 14.7. The smallest absolute Gasteiger partial charge is 0.267 e. The van der Waals surface area contributed by atoms with Gasteiger partial charge in [-0.2, -0.15) is 0 Å². The summed E-state index contributed by atoms with van der Waals surface area (Å²) in [7, 11) is 1.53. The molecule has 30 heavy (non-hydrogen) atoms. The number of methoxy groups -OCH3 is 1. The van der Waals surface area contributed by atoms with Gasteiger partial charge in [-0.15, -0.1) is 0 Å². The number of carbonyl (C=O) groups is 2. The second kappa shape index (κ2) is 9.53. The van der Waals surface area contributed by atoms with Crippen LogP contribution in [0.15, 0.2) is 65.1 Å². The average Bonchev–Trinajstić information content (AvgIpc) is 2.77. The molecule has 0 radical (unpaired) electrons. The van der Waals surface area contributed by atoms with E-state index in [1.807, 2.05) is 0 Å². The van der Waals surface area contributed by atoms with E-state index in [4.69, 9.17) is 9.84 Å². The molecule has 1 aromatic heterocycles. The van der Waals surface area contributed by atoms with Gasteiger partial charge in [-0.25, -0.2) is 0 Å². The van der Waals surface area contributed by atoms with E-state index < -0.39 is 17.4 Å². The van der Waals surface area contributed by atoms with E-state index in [-0.39, 0.29) is 24.4 Å². The number of aromatic nitrogens is 1. The molecule has 1 heterocycles. The Labute approximate surface area is 172 Å². The number of fused-ring (bicyclic) bond motifs is 1. The SMILES string of the molecule is COc1ccc2cc(C=C(NC(=O)c3ccccc3)C(=O)NCCO)c(=O)[nH]c2c1. The summed E-state index contributed by atoms with van der Waals surface area (Å²) in [5.41, 5.74) is 0.581. The molecule has 0 atom stereocenters. The van der Waals surface area contributed by atoms with Gasteiger partial charge in [0.25, 0.3) is 17.4 Å². The van der Waals surface area contributed by atoms with Crippen molar-refractivity contribution in [3.05, 3.63) is 81.8 Å². The number of pyridine rings is 1. The molecule has 8 heteroatoms. The van der Waals surface area contributed by atoms with Gasteiger partial charge in [0.15, 0.2) is 0 Å². The Morgan fingerprint density at radius 3 is 2.60 bits per heavy atom. The zero-order valence-electron chi connectivity index (χ0n) is 16.3. The molecule has 0 aliphatic carbocycles. The van der Waals surface area contributed by atoms with Gasteiger partial charge in [-0.05, 0) is 41.8 Å². The Morgan fingerprint density at radius 2 is 1.90 bits per heavy atom. The fourth-order valence-electron chi connectivity index (χ4n) is 2.79. The quantitative estimate of drug-likeness (QED) is 0.442. The number of hydrogen-bond donors (Lipinski definition) is 4. The van der Waals surface area contributed by atoms with Crippen molar-refractivity contribution in [1.82, 2.24) is 15.6 Å². The van der Waals surface area contributed by atoms with Crippen molar-refractivity contribution in [3.8, 4) is 5.75 Å². The molecule has 0 bridgehead atoms. The molecule has 0 unspecified atom stereocenters. The molecule has 2 amide bonds. The standard InChI is InChI=1S/C22H21N3O5/c1-30-17-8-7-15-11-16(21(28)24-18(15)13-17)12-19(22(29)23-9-10-26)25-20(27)14-5-3-2-4-6-14/h2-8,11-13,26H,9-10H2,1H3,(H,23,29)(H,24,28)(H,25,27). The van der Waals surface area contributed by atoms with Crippen molar-refractivity contribution in [3.63, 3.8) is 0 Å². The van der Waals surface area contributed by atoms with Crippen molar-refractivity contribution in [2.45, 2.75) is 0 Å². The van der Waals surface area contributed by atoms with Gasteiger partial charge in [0.2, 0.25) is 0 Å². The van der Waals surface area contributed by atoms with Crippen LogP contribution in [0.3, 0.4) is 0 Å². The largest absolute Gasteiger partial charge is 0.497 e. The number of H-pyrrole nitrogens is 1. The Balaban J connectivity index is 1.99. The minimum absolute atomic E-state index is 0.00521. The molecular formula is C22H21N3O5. The van der Waals surface area contributed by atoms with Crippen LogP contribution >= 0.6 is 0 Å². The van der Waals surface area contributed by atoms with Gasteiger partial charge < -0.3 is 25.5 Å². The van der Waals surface area contributed by atoms with Gasteiger partial charge in [-0.3, -0.25) is 14.4 Å². The van der Waals surface area contributed by atoms with Crippen molar-refractivity contribution < 1.29 is 19.4 Å². The molecule has 0 saturated carbocycles. The number of hydrogen-bond acceptors (Lipinski definition) is 5. The third kappa shape index (κ3) is 4.92. The fourth-order valence-corrected chi connectivity index (χ4v) is 2.79. The Hall–Kier alpha value is -3.91. The first kappa shape index (κ1) is 20.8. The highest BCUT2D eigenvalue weighted by Crippen LogP contribution is 2.19. The molecule has 8 nitrogen and oxygen atoms in total. The monoisotopic (exact) mass is 407 g/mol. The lowest BCUT2D eigenvalue weighted by molar-refractivity contribution is -0.117. The Kier molecular flexibility index (Phi) is 6.61. The normalized spacial score (nSPS) is 11.2. The van der Waals surface area contributed by atoms with E-state index in [1.165, 1.54) is 13.2 Å². The van der Waals surface area contributed by atoms with Gasteiger partial charge in [-0.1, -0.05) is 18.2 Å². The van der Waals surface area contributed by atoms with E-state index in [9.17, 15) is 14.4 Å². The maximum absolute atomic E-state index is 12.5. The average molecular weight is 407 g/mol. The number of benzene rings is 2. The lowest BCUT2D eigenvalue weighted by atomic mass is 10.1. The van der Waals surface area contributed by atoms with E-state index in [0.29, 0.717) is 16.8 Å². The summed E-state index contributed by atoms with van der Waals surface area (Å²) in [6, 6.07) is 15.2. The van der Waals surface area contributed by atoms with Crippen LogP contribution in [0.4, 0.5) is 0 Å². The maximum Gasteiger partial charge on any atom is 0.267 e. The zero-order chi connectivity index (χ0) is 21.5. The summed E-state index contributed by atoms with van der Waals surface area (Å²) in [6.07, 6.45) is 1.30. The Morgan fingerprint density at radius 1 is 1.13 bits per heavy atom. The molecule has 2 aromatic carbocycles. The number of aromatic amines is 1. The van der Waals surface area contributed by atoms with E-state index in [2.05, 4.69) is 15.6 Å². The topological polar surface area (TPSA) is 121 Å². The number of amides is 2. The molecule has 4 N–H and O–H groups in total. The van der Waals surface area contributed by atoms with Crippen molar-refractivity contribution in [2.24, 2.45) is 0 Å². The van der Waals surface area contributed by atoms with Crippen LogP contribution in [-0.4, -0.2) is 42.2 Å². The lowest BCUT2D eigenvalue weighted by Gasteiger charge is -2.11. The first-order valence-electron chi connectivity index (χ1n) is 9.20. The van der Waals surface area contributed by atoms with Crippen LogP contribution in [0.2, 0.25) is 0 Å². The second-order valence-electron chi connectivity index (χ2n) is 6.36. The second-order valence-corrected chi connectivity index (χ2v) is 6.36. The van der Waals surface area contributed by atoms with Gasteiger partial charge in [0.05, 0.1) is 19.2 Å². The van der Waals surface area contributed by atoms with Crippen LogP contribution in [-0.2, 0) is 4.79 Å². The summed E-state index contributed by atoms with van der Waals surface area (Å²) >= 11 is 0. The minimum atomic E-state index is -0.623. The number of nitrogens with one attached hydrogen (secondary N) is 3.